The van der Waals surface area contributed by atoms with Crippen LogP contribution in [0.5, 0.6) is 0 Å². The number of sulfone groups is 1. The summed E-state index contributed by atoms with van der Waals surface area (Å²) < 4.78 is 28.7. The van der Waals surface area contributed by atoms with Crippen molar-refractivity contribution in [2.45, 2.75) is 4.90 Å². The molecule has 1 aromatic carbocycles. The van der Waals surface area contributed by atoms with Crippen molar-refractivity contribution in [1.82, 2.24) is 0 Å². The number of hydrogen-bond acceptors (Lipinski definition) is 4. The van der Waals surface area contributed by atoms with Gasteiger partial charge in [-0.2, -0.15) is 0 Å². The fourth-order valence-electron chi connectivity index (χ4n) is 1.56. The number of carbonyl (C=O) groups is 1. The summed E-state index contributed by atoms with van der Waals surface area (Å²) in [6, 6.07) is 6.43. The molecule has 90 valence electrons. The average molecular weight is 317 g/mol. The van der Waals surface area contributed by atoms with Gasteiger partial charge in [0.1, 0.15) is 10.2 Å². The molecule has 1 aliphatic heterocycles. The van der Waals surface area contributed by atoms with Gasteiger partial charge < -0.3 is 4.74 Å². The minimum Gasteiger partial charge on any atom is -0.483 e. The molecule has 0 saturated heterocycles. The van der Waals surface area contributed by atoms with E-state index in [2.05, 4.69) is 15.9 Å². The second-order valence-electron chi connectivity index (χ2n) is 3.62. The third-order valence-electron chi connectivity index (χ3n) is 2.32. The lowest BCUT2D eigenvalue weighted by atomic mass is 10.2. The van der Waals surface area contributed by atoms with Gasteiger partial charge in [-0.05, 0) is 28.1 Å². The minimum absolute atomic E-state index is 0.0615. The lowest BCUT2D eigenvalue weighted by Crippen LogP contribution is -2.02. The molecule has 0 spiro atoms. The second-order valence-corrected chi connectivity index (χ2v) is 6.40. The van der Waals surface area contributed by atoms with Crippen LogP contribution in [0.3, 0.4) is 0 Å². The monoisotopic (exact) mass is 316 g/mol. The smallest absolute Gasteiger partial charge is 0.210 e. The van der Waals surface area contributed by atoms with Gasteiger partial charge in [0.15, 0.2) is 16.4 Å². The summed E-state index contributed by atoms with van der Waals surface area (Å²) in [4.78, 5) is 11.5. The van der Waals surface area contributed by atoms with Gasteiger partial charge in [0.25, 0.3) is 0 Å². The number of Topliss-reactive ketones (excluding diaryl/α,β-unsaturated/α-hetero) is 1. The van der Waals surface area contributed by atoms with Crippen LogP contribution < -0.4 is 0 Å². The van der Waals surface area contributed by atoms with Gasteiger partial charge in [-0.25, -0.2) is 8.42 Å². The molecule has 17 heavy (non-hydrogen) atoms. The molecule has 1 heterocycles. The SMILES string of the molecule is CS(=O)(=O)c1ccccc1C1=C(Br)C(=O)CO1. The molecule has 2 rings (SSSR count). The summed E-state index contributed by atoms with van der Waals surface area (Å²) in [7, 11) is -3.36. The van der Waals surface area contributed by atoms with Crippen LogP contribution >= 0.6 is 15.9 Å². The van der Waals surface area contributed by atoms with E-state index in [4.69, 9.17) is 4.74 Å². The first kappa shape index (κ1) is 12.3. The maximum Gasteiger partial charge on any atom is 0.210 e. The van der Waals surface area contributed by atoms with Crippen molar-refractivity contribution in [3.05, 3.63) is 34.3 Å². The summed E-state index contributed by atoms with van der Waals surface area (Å²) in [6.07, 6.45) is 1.12. The van der Waals surface area contributed by atoms with Gasteiger partial charge in [0.2, 0.25) is 5.78 Å². The van der Waals surface area contributed by atoms with E-state index in [9.17, 15) is 13.2 Å². The van der Waals surface area contributed by atoms with Gasteiger partial charge in [-0.3, -0.25) is 4.79 Å². The number of hydrogen-bond donors (Lipinski definition) is 0. The number of ketones is 1. The molecule has 0 aromatic heterocycles. The molecular formula is C11H9BrO4S. The van der Waals surface area contributed by atoms with Crippen molar-refractivity contribution in [2.24, 2.45) is 0 Å². The number of halogens is 1. The largest absolute Gasteiger partial charge is 0.483 e. The maximum absolute atomic E-state index is 11.6. The van der Waals surface area contributed by atoms with E-state index in [-0.39, 0.29) is 27.5 Å². The summed E-state index contributed by atoms with van der Waals surface area (Å²) in [5.74, 6) is 0.0966. The predicted molar refractivity (Wildman–Crippen MR) is 66.4 cm³/mol. The van der Waals surface area contributed by atoms with Gasteiger partial charge in [-0.15, -0.1) is 0 Å². The fraction of sp³-hybridized carbons (Fsp3) is 0.182. The topological polar surface area (TPSA) is 60.4 Å². The Kier molecular flexibility index (Phi) is 3.09. The zero-order valence-corrected chi connectivity index (χ0v) is 11.3. The van der Waals surface area contributed by atoms with Crippen LogP contribution in [0.25, 0.3) is 5.76 Å². The number of benzene rings is 1. The first-order valence-electron chi connectivity index (χ1n) is 4.76. The molecule has 0 aliphatic carbocycles. The highest BCUT2D eigenvalue weighted by molar-refractivity contribution is 9.12. The number of carbonyl (C=O) groups excluding carboxylic acids is 1. The number of ether oxygens (including phenoxy) is 1. The Bertz CT molecular complexity index is 616. The Morgan fingerprint density at radius 2 is 1.94 bits per heavy atom. The second kappa shape index (κ2) is 4.27. The minimum atomic E-state index is -3.36. The molecule has 0 saturated carbocycles. The van der Waals surface area contributed by atoms with Crippen LogP contribution in [0.1, 0.15) is 5.56 Å². The molecule has 0 N–H and O–H groups in total. The van der Waals surface area contributed by atoms with Crippen molar-refractivity contribution in [1.29, 1.82) is 0 Å². The lowest BCUT2D eigenvalue weighted by Gasteiger charge is -2.08. The normalized spacial score (nSPS) is 16.2. The van der Waals surface area contributed by atoms with Crippen LogP contribution in [-0.4, -0.2) is 27.1 Å². The van der Waals surface area contributed by atoms with Crippen molar-refractivity contribution in [2.75, 3.05) is 12.9 Å². The van der Waals surface area contributed by atoms with Crippen molar-refractivity contribution < 1.29 is 17.9 Å². The Labute approximate surface area is 107 Å². The van der Waals surface area contributed by atoms with Crippen LogP contribution in [0.2, 0.25) is 0 Å². The van der Waals surface area contributed by atoms with Crippen molar-refractivity contribution in [3.63, 3.8) is 0 Å². The van der Waals surface area contributed by atoms with Crippen LogP contribution in [0, 0.1) is 0 Å². The third kappa shape index (κ3) is 2.28. The first-order valence-corrected chi connectivity index (χ1v) is 7.45. The van der Waals surface area contributed by atoms with E-state index < -0.39 is 9.84 Å². The van der Waals surface area contributed by atoms with Crippen molar-refractivity contribution in [3.8, 4) is 0 Å². The summed E-state index contributed by atoms with van der Waals surface area (Å²) in [5, 5.41) is 0. The molecule has 0 unspecified atom stereocenters. The molecule has 0 radical (unpaired) electrons. The Morgan fingerprint density at radius 3 is 2.47 bits per heavy atom. The summed E-state index contributed by atoms with van der Waals surface area (Å²) in [5.41, 5.74) is 0.410. The van der Waals surface area contributed by atoms with E-state index in [0.717, 1.165) is 6.26 Å². The molecular weight excluding hydrogens is 308 g/mol. The fourth-order valence-corrected chi connectivity index (χ4v) is 2.89. The Morgan fingerprint density at radius 1 is 1.29 bits per heavy atom. The zero-order valence-electron chi connectivity index (χ0n) is 8.94. The molecule has 0 atom stereocenters. The predicted octanol–water partition coefficient (Wildman–Crippen LogP) is 1.75. The zero-order chi connectivity index (χ0) is 12.6. The van der Waals surface area contributed by atoms with Crippen molar-refractivity contribution >= 4 is 37.3 Å². The van der Waals surface area contributed by atoms with Crippen LogP contribution in [-0.2, 0) is 19.4 Å². The molecule has 0 bridgehead atoms. The Hall–Kier alpha value is -1.14. The van der Waals surface area contributed by atoms with Gasteiger partial charge in [0.05, 0.1) is 4.90 Å². The first-order chi connectivity index (χ1) is 7.91. The third-order valence-corrected chi connectivity index (χ3v) is 4.28. The van der Waals surface area contributed by atoms with Gasteiger partial charge in [-0.1, -0.05) is 12.1 Å². The number of rotatable bonds is 2. The molecule has 0 fully saturated rings. The maximum atomic E-state index is 11.6. The Balaban J connectivity index is 2.66. The lowest BCUT2D eigenvalue weighted by molar-refractivity contribution is -0.115. The van der Waals surface area contributed by atoms with E-state index in [1.54, 1.807) is 18.2 Å². The van der Waals surface area contributed by atoms with E-state index in [1.165, 1.54) is 6.07 Å². The van der Waals surface area contributed by atoms with Gasteiger partial charge in [0, 0.05) is 11.8 Å². The van der Waals surface area contributed by atoms with E-state index in [0.29, 0.717) is 5.56 Å². The van der Waals surface area contributed by atoms with E-state index >= 15 is 0 Å². The highest BCUT2D eigenvalue weighted by Crippen LogP contribution is 2.33. The average Bonchev–Trinajstić information content (AvgIpc) is 2.59. The van der Waals surface area contributed by atoms with E-state index in [1.807, 2.05) is 0 Å². The standard InChI is InChI=1S/C11H9BrO4S/c1-17(14,15)9-5-3-2-4-7(9)11-10(12)8(13)6-16-11/h2-5H,6H2,1H3. The highest BCUT2D eigenvalue weighted by atomic mass is 79.9. The molecule has 6 heteroatoms. The van der Waals surface area contributed by atoms with Gasteiger partial charge >= 0.3 is 0 Å². The summed E-state index contributed by atoms with van der Waals surface area (Å²) >= 11 is 3.12. The molecule has 4 nitrogen and oxygen atoms in total. The molecule has 1 aliphatic rings. The van der Waals surface area contributed by atoms with Crippen LogP contribution in [0.4, 0.5) is 0 Å². The summed E-state index contributed by atoms with van der Waals surface area (Å²) in [6.45, 7) is -0.0615. The van der Waals surface area contributed by atoms with Crippen LogP contribution in [0.15, 0.2) is 33.6 Å². The molecule has 0 amide bonds. The highest BCUT2D eigenvalue weighted by Gasteiger charge is 2.27. The molecule has 1 aromatic rings. The quantitative estimate of drug-likeness (QED) is 0.834.